The molecule has 4 rings (SSSR count). The van der Waals surface area contributed by atoms with Gasteiger partial charge in [-0.15, -0.1) is 0 Å². The number of anilines is 1. The fraction of sp³-hybridized carbons (Fsp3) is 0.348. The molecule has 0 aromatic heterocycles. The number of hydrogen-bond donors (Lipinski definition) is 1. The maximum atomic E-state index is 12.8. The maximum absolute atomic E-state index is 12.8. The number of benzene rings is 2. The molecule has 30 heavy (non-hydrogen) atoms. The van der Waals surface area contributed by atoms with E-state index in [0.29, 0.717) is 27.6 Å². The molecule has 0 radical (unpaired) electrons. The Labute approximate surface area is 182 Å². The van der Waals surface area contributed by atoms with Gasteiger partial charge in [0.05, 0.1) is 16.6 Å². The van der Waals surface area contributed by atoms with Gasteiger partial charge in [-0.2, -0.15) is 0 Å². The van der Waals surface area contributed by atoms with E-state index < -0.39 is 9.84 Å². The van der Waals surface area contributed by atoms with Gasteiger partial charge in [0.2, 0.25) is 0 Å². The Balaban J connectivity index is 1.46. The number of ether oxygens (including phenoxy) is 1. The predicted molar refractivity (Wildman–Crippen MR) is 119 cm³/mol. The largest absolute Gasteiger partial charge is 0.488 e. The van der Waals surface area contributed by atoms with Crippen LogP contribution in [0.25, 0.3) is 6.08 Å². The lowest BCUT2D eigenvalue weighted by atomic mass is 10.0. The van der Waals surface area contributed by atoms with E-state index in [9.17, 15) is 13.2 Å². The first kappa shape index (κ1) is 20.9. The van der Waals surface area contributed by atoms with E-state index in [0.717, 1.165) is 37.7 Å². The monoisotopic (exact) mass is 445 g/mol. The van der Waals surface area contributed by atoms with Gasteiger partial charge < -0.3 is 10.1 Å². The van der Waals surface area contributed by atoms with E-state index in [2.05, 4.69) is 5.32 Å². The molecule has 0 saturated heterocycles. The lowest BCUT2D eigenvalue weighted by molar-refractivity contribution is -0.113. The summed E-state index contributed by atoms with van der Waals surface area (Å²) in [4.78, 5) is 12.7. The zero-order valence-electron chi connectivity index (χ0n) is 16.6. The van der Waals surface area contributed by atoms with Gasteiger partial charge in [0.25, 0.3) is 5.91 Å². The predicted octanol–water partition coefficient (Wildman–Crippen LogP) is 5.00. The molecule has 7 heteroatoms. The van der Waals surface area contributed by atoms with Crippen LogP contribution in [0, 0.1) is 0 Å². The molecule has 0 atom stereocenters. The van der Waals surface area contributed by atoms with Crippen LogP contribution >= 0.6 is 11.6 Å². The van der Waals surface area contributed by atoms with Gasteiger partial charge in [-0.3, -0.25) is 4.79 Å². The molecule has 5 nitrogen and oxygen atoms in total. The van der Waals surface area contributed by atoms with Crippen LogP contribution in [0.4, 0.5) is 5.69 Å². The number of rotatable bonds is 5. The van der Waals surface area contributed by atoms with Crippen LogP contribution in [0.1, 0.15) is 43.2 Å². The standard InChI is InChI=1S/C23H24ClNO4S/c24-19-9-10-22-17(13-19)12-18(14-29-22)23(26)25-20-6-4-5-16(11-20)15-30(27,28)21-7-2-1-3-8-21/h4-6,9-13,21H,1-3,7-8,14-15H2,(H,25,26). The van der Waals surface area contributed by atoms with E-state index >= 15 is 0 Å². The summed E-state index contributed by atoms with van der Waals surface area (Å²) >= 11 is 6.03. The Morgan fingerprint density at radius 3 is 2.70 bits per heavy atom. The van der Waals surface area contributed by atoms with Crippen molar-refractivity contribution in [2.75, 3.05) is 11.9 Å². The fourth-order valence-electron chi connectivity index (χ4n) is 4.00. The van der Waals surface area contributed by atoms with Crippen molar-refractivity contribution in [2.24, 2.45) is 0 Å². The zero-order chi connectivity index (χ0) is 21.1. The summed E-state index contributed by atoms with van der Waals surface area (Å²) in [6.07, 6.45) is 6.33. The number of sulfone groups is 1. The normalized spacial score (nSPS) is 16.9. The van der Waals surface area contributed by atoms with Gasteiger partial charge in [0, 0.05) is 16.3 Å². The summed E-state index contributed by atoms with van der Waals surface area (Å²) in [6.45, 7) is 0.163. The summed E-state index contributed by atoms with van der Waals surface area (Å²) < 4.78 is 31.2. The molecule has 1 heterocycles. The number of hydrogen-bond acceptors (Lipinski definition) is 4. The molecular weight excluding hydrogens is 422 g/mol. The molecule has 1 aliphatic carbocycles. The number of fused-ring (bicyclic) bond motifs is 1. The second-order valence-electron chi connectivity index (χ2n) is 7.86. The number of carbonyl (C=O) groups excluding carboxylic acids is 1. The van der Waals surface area contributed by atoms with Crippen LogP contribution in [0.5, 0.6) is 5.75 Å². The molecule has 1 N–H and O–H groups in total. The zero-order valence-corrected chi connectivity index (χ0v) is 18.1. The summed E-state index contributed by atoms with van der Waals surface area (Å²) in [6, 6.07) is 12.3. The maximum Gasteiger partial charge on any atom is 0.255 e. The third-order valence-electron chi connectivity index (χ3n) is 5.59. The molecule has 2 aromatic rings. The molecule has 1 amide bonds. The summed E-state index contributed by atoms with van der Waals surface area (Å²) in [7, 11) is -3.20. The van der Waals surface area contributed by atoms with Crippen molar-refractivity contribution >= 4 is 39.1 Å². The number of carbonyl (C=O) groups is 1. The van der Waals surface area contributed by atoms with E-state index in [1.165, 1.54) is 0 Å². The van der Waals surface area contributed by atoms with E-state index in [1.54, 1.807) is 48.5 Å². The summed E-state index contributed by atoms with van der Waals surface area (Å²) in [5, 5.41) is 3.17. The van der Waals surface area contributed by atoms with Crippen LogP contribution < -0.4 is 10.1 Å². The Morgan fingerprint density at radius 2 is 1.90 bits per heavy atom. The minimum absolute atomic E-state index is 0.000933. The quantitative estimate of drug-likeness (QED) is 0.702. The van der Waals surface area contributed by atoms with E-state index in [4.69, 9.17) is 16.3 Å². The average molecular weight is 446 g/mol. The number of halogens is 1. The second-order valence-corrected chi connectivity index (χ2v) is 10.6. The Kier molecular flexibility index (Phi) is 6.16. The molecule has 1 fully saturated rings. The fourth-order valence-corrected chi connectivity index (χ4v) is 6.12. The van der Waals surface area contributed by atoms with Crippen LogP contribution in [-0.2, 0) is 20.4 Å². The second kappa shape index (κ2) is 8.82. The third-order valence-corrected chi connectivity index (χ3v) is 8.05. The van der Waals surface area contributed by atoms with Gasteiger partial charge in [-0.1, -0.05) is 43.0 Å². The topological polar surface area (TPSA) is 72.5 Å². The van der Waals surface area contributed by atoms with Crippen molar-refractivity contribution < 1.29 is 17.9 Å². The molecule has 2 aliphatic rings. The van der Waals surface area contributed by atoms with Gasteiger partial charge in [-0.05, 0) is 54.8 Å². The Morgan fingerprint density at radius 1 is 1.10 bits per heavy atom. The first-order valence-electron chi connectivity index (χ1n) is 10.2. The smallest absolute Gasteiger partial charge is 0.255 e. The average Bonchev–Trinajstić information content (AvgIpc) is 2.73. The lowest BCUT2D eigenvalue weighted by Crippen LogP contribution is -2.25. The highest BCUT2D eigenvalue weighted by Gasteiger charge is 2.27. The van der Waals surface area contributed by atoms with E-state index in [-0.39, 0.29) is 23.5 Å². The minimum Gasteiger partial charge on any atom is -0.488 e. The molecule has 158 valence electrons. The van der Waals surface area contributed by atoms with Crippen molar-refractivity contribution in [3.05, 3.63) is 64.2 Å². The van der Waals surface area contributed by atoms with Crippen LogP contribution in [-0.4, -0.2) is 26.2 Å². The Hall–Kier alpha value is -2.31. The SMILES string of the molecule is O=C(Nc1cccc(CS(=O)(=O)C2CCCCC2)c1)C1=Cc2cc(Cl)ccc2OC1. The summed E-state index contributed by atoms with van der Waals surface area (Å²) in [5.74, 6) is 0.401. The summed E-state index contributed by atoms with van der Waals surface area (Å²) in [5.41, 5.74) is 2.48. The lowest BCUT2D eigenvalue weighted by Gasteiger charge is -2.22. The molecule has 0 spiro atoms. The minimum atomic E-state index is -3.20. The first-order chi connectivity index (χ1) is 14.4. The molecular formula is C23H24ClNO4S. The molecule has 1 saturated carbocycles. The van der Waals surface area contributed by atoms with Crippen molar-refractivity contribution in [2.45, 2.75) is 43.1 Å². The highest BCUT2D eigenvalue weighted by molar-refractivity contribution is 7.91. The highest BCUT2D eigenvalue weighted by atomic mass is 35.5. The number of nitrogens with one attached hydrogen (secondary N) is 1. The Bertz CT molecular complexity index is 1090. The van der Waals surface area contributed by atoms with Gasteiger partial charge in [0.1, 0.15) is 12.4 Å². The van der Waals surface area contributed by atoms with Crippen LogP contribution in [0.2, 0.25) is 5.02 Å². The van der Waals surface area contributed by atoms with Crippen molar-refractivity contribution in [3.63, 3.8) is 0 Å². The third kappa shape index (κ3) is 4.87. The van der Waals surface area contributed by atoms with Crippen molar-refractivity contribution in [1.29, 1.82) is 0 Å². The molecule has 1 aliphatic heterocycles. The molecule has 2 aromatic carbocycles. The van der Waals surface area contributed by atoms with Gasteiger partial charge >= 0.3 is 0 Å². The van der Waals surface area contributed by atoms with Gasteiger partial charge in [-0.25, -0.2) is 8.42 Å². The molecule has 0 bridgehead atoms. The van der Waals surface area contributed by atoms with Gasteiger partial charge in [0.15, 0.2) is 9.84 Å². The van der Waals surface area contributed by atoms with Crippen molar-refractivity contribution in [3.8, 4) is 5.75 Å². The van der Waals surface area contributed by atoms with Crippen LogP contribution in [0.15, 0.2) is 48.0 Å². The highest BCUT2D eigenvalue weighted by Crippen LogP contribution is 2.30. The number of amides is 1. The van der Waals surface area contributed by atoms with Crippen molar-refractivity contribution in [1.82, 2.24) is 0 Å². The van der Waals surface area contributed by atoms with E-state index in [1.807, 2.05) is 0 Å². The molecule has 0 unspecified atom stereocenters. The van der Waals surface area contributed by atoms with Crippen LogP contribution in [0.3, 0.4) is 0 Å². The first-order valence-corrected chi connectivity index (χ1v) is 12.2.